The van der Waals surface area contributed by atoms with Crippen molar-refractivity contribution in [3.05, 3.63) is 46.8 Å². The molecular weight excluding hydrogens is 400 g/mol. The van der Waals surface area contributed by atoms with Crippen molar-refractivity contribution in [3.63, 3.8) is 0 Å². The number of benzene rings is 1. The molecule has 1 fully saturated rings. The lowest BCUT2D eigenvalue weighted by atomic mass is 9.77. The minimum Gasteiger partial charge on any atom is -0.327 e. The van der Waals surface area contributed by atoms with Crippen LogP contribution >= 0.6 is 0 Å². The molecule has 4 rings (SSSR count). The van der Waals surface area contributed by atoms with Gasteiger partial charge in [0.05, 0.1) is 6.54 Å². The molecule has 0 bridgehead atoms. The van der Waals surface area contributed by atoms with Crippen LogP contribution in [0.2, 0.25) is 0 Å². The number of fused-ring (bicyclic) bond motifs is 1. The van der Waals surface area contributed by atoms with E-state index in [0.29, 0.717) is 31.9 Å². The summed E-state index contributed by atoms with van der Waals surface area (Å²) in [5.41, 5.74) is 6.29. The second-order valence-corrected chi connectivity index (χ2v) is 7.58. The first kappa shape index (κ1) is 20.1. The minimum absolute atomic E-state index is 0.0191. The summed E-state index contributed by atoms with van der Waals surface area (Å²) in [5, 5.41) is 6.94. The standard InChI is InChI=1S/C18H19F6N5/c19-12-7-14(21)13(20)6-11(12)10-2-1-9(5-15(10)25)28-3-4-29-16(8-28)26-27-17(29)18(22,23)24/h6-7,9-10,15H,1-5,8,25H2/t9-,10?,15-/m0/s1. The molecule has 1 unspecified atom stereocenters. The first-order chi connectivity index (χ1) is 13.6. The van der Waals surface area contributed by atoms with E-state index in [9.17, 15) is 26.3 Å². The van der Waals surface area contributed by atoms with E-state index in [-0.39, 0.29) is 30.5 Å². The molecular formula is C18H19F6N5. The fourth-order valence-electron chi connectivity index (χ4n) is 4.42. The van der Waals surface area contributed by atoms with Gasteiger partial charge in [0.2, 0.25) is 5.82 Å². The third-order valence-electron chi connectivity index (χ3n) is 5.86. The third kappa shape index (κ3) is 3.73. The van der Waals surface area contributed by atoms with Gasteiger partial charge < -0.3 is 10.3 Å². The molecule has 0 spiro atoms. The highest BCUT2D eigenvalue weighted by atomic mass is 19.4. The molecule has 1 aliphatic heterocycles. The number of halogens is 6. The summed E-state index contributed by atoms with van der Waals surface area (Å²) in [5.74, 6) is -4.40. The van der Waals surface area contributed by atoms with Gasteiger partial charge in [-0.2, -0.15) is 13.2 Å². The lowest BCUT2D eigenvalue weighted by Gasteiger charge is -2.41. The van der Waals surface area contributed by atoms with E-state index >= 15 is 0 Å². The monoisotopic (exact) mass is 419 g/mol. The Kier molecular flexibility index (Phi) is 5.06. The molecule has 5 nitrogen and oxygen atoms in total. The van der Waals surface area contributed by atoms with E-state index < -0.39 is 41.4 Å². The van der Waals surface area contributed by atoms with Gasteiger partial charge in [0.1, 0.15) is 11.6 Å². The van der Waals surface area contributed by atoms with Crippen molar-refractivity contribution in [3.8, 4) is 0 Å². The number of hydrogen-bond donors (Lipinski definition) is 1. The fourth-order valence-corrected chi connectivity index (χ4v) is 4.42. The molecule has 11 heteroatoms. The van der Waals surface area contributed by atoms with Gasteiger partial charge in [0, 0.05) is 37.2 Å². The van der Waals surface area contributed by atoms with Crippen molar-refractivity contribution in [1.82, 2.24) is 19.7 Å². The van der Waals surface area contributed by atoms with Crippen LogP contribution in [0.5, 0.6) is 0 Å². The van der Waals surface area contributed by atoms with Gasteiger partial charge in [-0.05, 0) is 30.9 Å². The zero-order chi connectivity index (χ0) is 20.9. The second-order valence-electron chi connectivity index (χ2n) is 7.58. The zero-order valence-corrected chi connectivity index (χ0v) is 15.3. The minimum atomic E-state index is -4.55. The highest BCUT2D eigenvalue weighted by molar-refractivity contribution is 5.26. The molecule has 1 saturated carbocycles. The Balaban J connectivity index is 1.46. The van der Waals surface area contributed by atoms with Gasteiger partial charge >= 0.3 is 6.18 Å². The number of nitrogens with zero attached hydrogens (tertiary/aromatic N) is 4. The van der Waals surface area contributed by atoms with Crippen molar-refractivity contribution in [2.24, 2.45) is 5.73 Å². The first-order valence-electron chi connectivity index (χ1n) is 9.28. The number of rotatable bonds is 2. The maximum Gasteiger partial charge on any atom is 0.451 e. The van der Waals surface area contributed by atoms with Gasteiger partial charge in [-0.1, -0.05) is 0 Å². The van der Waals surface area contributed by atoms with E-state index in [1.807, 2.05) is 4.90 Å². The molecule has 29 heavy (non-hydrogen) atoms. The average molecular weight is 419 g/mol. The Morgan fingerprint density at radius 3 is 2.38 bits per heavy atom. The molecule has 0 amide bonds. The largest absolute Gasteiger partial charge is 0.451 e. The average Bonchev–Trinajstić information content (AvgIpc) is 3.08. The van der Waals surface area contributed by atoms with Crippen molar-refractivity contribution in [2.75, 3.05) is 6.54 Å². The molecule has 0 saturated heterocycles. The molecule has 158 valence electrons. The predicted octanol–water partition coefficient (Wildman–Crippen LogP) is 3.19. The quantitative estimate of drug-likeness (QED) is 0.600. The Hall–Kier alpha value is -2.14. The van der Waals surface area contributed by atoms with Gasteiger partial charge in [-0.15, -0.1) is 10.2 Å². The second kappa shape index (κ2) is 7.28. The Labute approximate surface area is 162 Å². The topological polar surface area (TPSA) is 60.0 Å². The number of hydrogen-bond acceptors (Lipinski definition) is 4. The zero-order valence-electron chi connectivity index (χ0n) is 15.3. The maximum atomic E-state index is 14.1. The molecule has 1 aromatic carbocycles. The van der Waals surface area contributed by atoms with Crippen molar-refractivity contribution in [2.45, 2.75) is 56.5 Å². The fraction of sp³-hybridized carbons (Fsp3) is 0.556. The third-order valence-corrected chi connectivity index (χ3v) is 5.86. The van der Waals surface area contributed by atoms with Gasteiger partial charge in [-0.3, -0.25) is 4.90 Å². The number of alkyl halides is 3. The van der Waals surface area contributed by atoms with Crippen LogP contribution in [0, 0.1) is 17.5 Å². The van der Waals surface area contributed by atoms with E-state index in [1.54, 1.807) is 0 Å². The Morgan fingerprint density at radius 2 is 1.69 bits per heavy atom. The highest BCUT2D eigenvalue weighted by Crippen LogP contribution is 2.37. The highest BCUT2D eigenvalue weighted by Gasteiger charge is 2.41. The molecule has 1 aromatic heterocycles. The van der Waals surface area contributed by atoms with E-state index in [2.05, 4.69) is 10.2 Å². The predicted molar refractivity (Wildman–Crippen MR) is 90.1 cm³/mol. The molecule has 3 atom stereocenters. The molecule has 2 N–H and O–H groups in total. The van der Waals surface area contributed by atoms with E-state index in [4.69, 9.17) is 5.73 Å². The lowest BCUT2D eigenvalue weighted by Crippen LogP contribution is -2.48. The van der Waals surface area contributed by atoms with Gasteiger partial charge in [-0.25, -0.2) is 13.2 Å². The Bertz CT molecular complexity index is 911. The number of aromatic nitrogens is 3. The summed E-state index contributed by atoms with van der Waals surface area (Å²) < 4.78 is 80.8. The summed E-state index contributed by atoms with van der Waals surface area (Å²) in [6.07, 6.45) is -3.02. The van der Waals surface area contributed by atoms with E-state index in [1.165, 1.54) is 0 Å². The molecule has 2 aromatic rings. The molecule has 1 aliphatic carbocycles. The van der Waals surface area contributed by atoms with Crippen molar-refractivity contribution < 1.29 is 26.3 Å². The van der Waals surface area contributed by atoms with Crippen LogP contribution in [0.4, 0.5) is 26.3 Å². The van der Waals surface area contributed by atoms with Crippen LogP contribution in [0.1, 0.15) is 42.4 Å². The van der Waals surface area contributed by atoms with Crippen LogP contribution in [0.15, 0.2) is 12.1 Å². The summed E-state index contributed by atoms with van der Waals surface area (Å²) in [6.45, 7) is 0.713. The van der Waals surface area contributed by atoms with Crippen LogP contribution in [-0.2, 0) is 19.3 Å². The summed E-state index contributed by atoms with van der Waals surface area (Å²) in [4.78, 5) is 2.00. The summed E-state index contributed by atoms with van der Waals surface area (Å²) >= 11 is 0. The van der Waals surface area contributed by atoms with Crippen LogP contribution < -0.4 is 5.73 Å². The van der Waals surface area contributed by atoms with Gasteiger partial charge in [0.15, 0.2) is 11.6 Å². The van der Waals surface area contributed by atoms with Crippen LogP contribution in [-0.4, -0.2) is 38.3 Å². The van der Waals surface area contributed by atoms with Crippen LogP contribution in [0.25, 0.3) is 0 Å². The SMILES string of the molecule is N[C@H]1C[C@@H](N2CCn3c(nnc3C(F)(F)F)C2)CCC1c1cc(F)c(F)cc1F. The molecule has 0 radical (unpaired) electrons. The van der Waals surface area contributed by atoms with Gasteiger partial charge in [0.25, 0.3) is 0 Å². The molecule has 2 aliphatic rings. The smallest absolute Gasteiger partial charge is 0.327 e. The number of nitrogens with two attached hydrogens (primary N) is 1. The van der Waals surface area contributed by atoms with Crippen molar-refractivity contribution in [1.29, 1.82) is 0 Å². The summed E-state index contributed by atoms with van der Waals surface area (Å²) in [6, 6.07) is 0.879. The Morgan fingerprint density at radius 1 is 0.966 bits per heavy atom. The lowest BCUT2D eigenvalue weighted by molar-refractivity contribution is -0.148. The summed E-state index contributed by atoms with van der Waals surface area (Å²) in [7, 11) is 0. The van der Waals surface area contributed by atoms with E-state index in [0.717, 1.165) is 10.6 Å². The normalized spacial score (nSPS) is 25.8. The van der Waals surface area contributed by atoms with Crippen LogP contribution in [0.3, 0.4) is 0 Å². The van der Waals surface area contributed by atoms with Crippen molar-refractivity contribution >= 4 is 0 Å². The first-order valence-corrected chi connectivity index (χ1v) is 9.28. The maximum absolute atomic E-state index is 14.1. The molecule has 2 heterocycles.